The Bertz CT molecular complexity index is 220. The van der Waals surface area contributed by atoms with E-state index in [1.165, 1.54) is 6.08 Å². The first-order chi connectivity index (χ1) is 4.33. The third-order valence-electron chi connectivity index (χ3n) is 0.907. The fraction of sp³-hybridized carbons (Fsp3) is 0. The summed E-state index contributed by atoms with van der Waals surface area (Å²) in [6.45, 7) is 5.17. The standard InChI is InChI=1S/C7H5ClN/c1-2-6-4-3-5-7(8)9-6/h1-5H. The molecule has 45 valence electrons. The molecule has 0 aliphatic heterocycles. The molecule has 0 fully saturated rings. The summed E-state index contributed by atoms with van der Waals surface area (Å²) in [6, 6.07) is 5.29. The number of hydrogen-bond donors (Lipinski definition) is 0. The predicted octanol–water partition coefficient (Wildman–Crippen LogP) is 2.18. The Hall–Kier alpha value is -0.820. The van der Waals surface area contributed by atoms with E-state index in [0.29, 0.717) is 10.8 Å². The summed E-state index contributed by atoms with van der Waals surface area (Å²) in [4.78, 5) is 3.88. The van der Waals surface area contributed by atoms with Gasteiger partial charge in [0, 0.05) is 0 Å². The molecule has 0 amide bonds. The molecule has 1 radical (unpaired) electrons. The van der Waals surface area contributed by atoms with Gasteiger partial charge in [-0.3, -0.25) is 0 Å². The lowest BCUT2D eigenvalue weighted by Crippen LogP contribution is -1.77. The van der Waals surface area contributed by atoms with Crippen molar-refractivity contribution >= 4 is 17.7 Å². The van der Waals surface area contributed by atoms with Crippen LogP contribution in [0.4, 0.5) is 0 Å². The van der Waals surface area contributed by atoms with E-state index < -0.39 is 0 Å². The number of pyridine rings is 1. The summed E-state index contributed by atoms with van der Waals surface area (Å²) in [7, 11) is 0. The van der Waals surface area contributed by atoms with Crippen molar-refractivity contribution in [3.8, 4) is 0 Å². The van der Waals surface area contributed by atoms with Gasteiger partial charge < -0.3 is 0 Å². The first-order valence-corrected chi connectivity index (χ1v) is 2.88. The van der Waals surface area contributed by atoms with Crippen LogP contribution < -0.4 is 0 Å². The maximum absolute atomic E-state index is 5.54. The van der Waals surface area contributed by atoms with Gasteiger partial charge >= 0.3 is 0 Å². The Kier molecular flexibility index (Phi) is 1.85. The minimum absolute atomic E-state index is 0.467. The zero-order chi connectivity index (χ0) is 6.69. The highest BCUT2D eigenvalue weighted by atomic mass is 35.5. The monoisotopic (exact) mass is 138 g/mol. The molecule has 0 saturated heterocycles. The Labute approximate surface area is 59.0 Å². The van der Waals surface area contributed by atoms with Gasteiger partial charge in [-0.2, -0.15) is 0 Å². The van der Waals surface area contributed by atoms with Gasteiger partial charge in [-0.15, -0.1) is 0 Å². The maximum atomic E-state index is 5.54. The van der Waals surface area contributed by atoms with Gasteiger partial charge in [0.2, 0.25) is 0 Å². The molecule has 0 atom stereocenters. The van der Waals surface area contributed by atoms with Crippen molar-refractivity contribution in [1.29, 1.82) is 0 Å². The van der Waals surface area contributed by atoms with Gasteiger partial charge in [0.25, 0.3) is 0 Å². The lowest BCUT2D eigenvalue weighted by Gasteiger charge is -1.89. The molecule has 0 unspecified atom stereocenters. The quantitative estimate of drug-likeness (QED) is 0.542. The first-order valence-electron chi connectivity index (χ1n) is 2.50. The van der Waals surface area contributed by atoms with Gasteiger partial charge in [0.05, 0.1) is 5.69 Å². The Balaban J connectivity index is 3.07. The van der Waals surface area contributed by atoms with E-state index in [0.717, 1.165) is 0 Å². The van der Waals surface area contributed by atoms with Gasteiger partial charge in [-0.25, -0.2) is 4.98 Å². The summed E-state index contributed by atoms with van der Waals surface area (Å²) in [5.41, 5.74) is 0.697. The molecule has 0 N–H and O–H groups in total. The van der Waals surface area contributed by atoms with Crippen LogP contribution in [0.5, 0.6) is 0 Å². The van der Waals surface area contributed by atoms with Crippen LogP contribution in [0.25, 0.3) is 6.08 Å². The van der Waals surface area contributed by atoms with Crippen LogP contribution in [0.3, 0.4) is 0 Å². The van der Waals surface area contributed by atoms with Crippen molar-refractivity contribution in [2.45, 2.75) is 0 Å². The number of halogens is 1. The van der Waals surface area contributed by atoms with E-state index in [1.54, 1.807) is 18.2 Å². The average molecular weight is 139 g/mol. The highest BCUT2D eigenvalue weighted by Gasteiger charge is 1.86. The summed E-state index contributed by atoms with van der Waals surface area (Å²) < 4.78 is 0. The van der Waals surface area contributed by atoms with Crippen molar-refractivity contribution in [2.75, 3.05) is 0 Å². The summed E-state index contributed by atoms with van der Waals surface area (Å²) in [6.07, 6.45) is 1.41. The fourth-order valence-corrected chi connectivity index (χ4v) is 0.687. The summed E-state index contributed by atoms with van der Waals surface area (Å²) in [5, 5.41) is 0.467. The number of rotatable bonds is 1. The molecule has 1 aromatic rings. The molecule has 1 heterocycles. The largest absolute Gasteiger partial charge is 0.237 e. The Morgan fingerprint density at radius 1 is 1.56 bits per heavy atom. The second-order valence-corrected chi connectivity index (χ2v) is 1.94. The summed E-state index contributed by atoms with van der Waals surface area (Å²) >= 11 is 5.54. The molecule has 1 nitrogen and oxygen atoms in total. The van der Waals surface area contributed by atoms with Crippen LogP contribution in [-0.4, -0.2) is 4.98 Å². The molecule has 1 rings (SSSR count). The average Bonchev–Trinajstić information content (AvgIpc) is 1.88. The van der Waals surface area contributed by atoms with Crippen LogP contribution >= 0.6 is 11.6 Å². The van der Waals surface area contributed by atoms with E-state index >= 15 is 0 Å². The third kappa shape index (κ3) is 1.54. The van der Waals surface area contributed by atoms with E-state index in [-0.39, 0.29) is 0 Å². The zero-order valence-electron chi connectivity index (χ0n) is 4.71. The lowest BCUT2D eigenvalue weighted by molar-refractivity contribution is 1.30. The molecule has 0 bridgehead atoms. The maximum Gasteiger partial charge on any atom is 0.129 e. The fourth-order valence-electron chi connectivity index (χ4n) is 0.517. The molecule has 0 aliphatic rings. The van der Waals surface area contributed by atoms with Crippen molar-refractivity contribution in [3.05, 3.63) is 35.6 Å². The second kappa shape index (κ2) is 2.65. The van der Waals surface area contributed by atoms with Crippen LogP contribution in [0, 0.1) is 6.58 Å². The molecule has 0 aromatic carbocycles. The molecule has 0 spiro atoms. The molecule has 0 saturated carbocycles. The first kappa shape index (κ1) is 6.30. The minimum atomic E-state index is 0.467. The van der Waals surface area contributed by atoms with Crippen molar-refractivity contribution in [2.24, 2.45) is 0 Å². The van der Waals surface area contributed by atoms with Crippen molar-refractivity contribution in [3.63, 3.8) is 0 Å². The SMILES string of the molecule is [CH]=Cc1cccc(Cl)n1. The van der Waals surface area contributed by atoms with Crippen LogP contribution in [0.15, 0.2) is 18.2 Å². The summed E-state index contributed by atoms with van der Waals surface area (Å²) in [5.74, 6) is 0. The normalized spacial score (nSPS) is 9.00. The van der Waals surface area contributed by atoms with E-state index in [2.05, 4.69) is 4.98 Å². The van der Waals surface area contributed by atoms with E-state index in [4.69, 9.17) is 18.2 Å². The molecule has 2 heteroatoms. The predicted molar refractivity (Wildman–Crippen MR) is 38.0 cm³/mol. The van der Waals surface area contributed by atoms with Crippen LogP contribution in [-0.2, 0) is 0 Å². The molecule has 0 aliphatic carbocycles. The molecular weight excluding hydrogens is 134 g/mol. The highest BCUT2D eigenvalue weighted by molar-refractivity contribution is 6.29. The van der Waals surface area contributed by atoms with Crippen LogP contribution in [0.2, 0.25) is 5.15 Å². The van der Waals surface area contributed by atoms with E-state index in [9.17, 15) is 0 Å². The van der Waals surface area contributed by atoms with Gasteiger partial charge in [-0.05, 0) is 18.2 Å². The van der Waals surface area contributed by atoms with Crippen molar-refractivity contribution < 1.29 is 0 Å². The zero-order valence-corrected chi connectivity index (χ0v) is 5.47. The number of nitrogens with zero attached hydrogens (tertiary/aromatic N) is 1. The highest BCUT2D eigenvalue weighted by Crippen LogP contribution is 2.04. The Morgan fingerprint density at radius 3 is 2.78 bits per heavy atom. The minimum Gasteiger partial charge on any atom is -0.237 e. The van der Waals surface area contributed by atoms with E-state index in [1.807, 2.05) is 0 Å². The number of aromatic nitrogens is 1. The topological polar surface area (TPSA) is 12.9 Å². The molecular formula is C7H5ClN. The smallest absolute Gasteiger partial charge is 0.129 e. The van der Waals surface area contributed by atoms with Gasteiger partial charge in [0.15, 0.2) is 0 Å². The van der Waals surface area contributed by atoms with Crippen LogP contribution in [0.1, 0.15) is 5.69 Å². The third-order valence-corrected chi connectivity index (χ3v) is 1.12. The Morgan fingerprint density at radius 2 is 2.33 bits per heavy atom. The van der Waals surface area contributed by atoms with Crippen molar-refractivity contribution in [1.82, 2.24) is 4.98 Å². The molecule has 9 heavy (non-hydrogen) atoms. The number of hydrogen-bond acceptors (Lipinski definition) is 1. The molecule has 1 aromatic heterocycles. The lowest BCUT2D eigenvalue weighted by atomic mass is 10.3. The second-order valence-electron chi connectivity index (χ2n) is 1.55. The van der Waals surface area contributed by atoms with Gasteiger partial charge in [0.1, 0.15) is 5.15 Å². The van der Waals surface area contributed by atoms with Gasteiger partial charge in [-0.1, -0.05) is 24.2 Å².